The van der Waals surface area contributed by atoms with Gasteiger partial charge < -0.3 is 15.4 Å². The predicted molar refractivity (Wildman–Crippen MR) is 98.0 cm³/mol. The van der Waals surface area contributed by atoms with Gasteiger partial charge in [-0.05, 0) is 31.2 Å². The fourth-order valence-corrected chi connectivity index (χ4v) is 3.22. The van der Waals surface area contributed by atoms with Crippen molar-refractivity contribution < 1.29 is 13.5 Å². The van der Waals surface area contributed by atoms with Crippen LogP contribution < -0.4 is 5.32 Å². The zero-order chi connectivity index (χ0) is 18.0. The Morgan fingerprint density at radius 2 is 2.04 bits per heavy atom. The molecule has 1 atom stereocenters. The zero-order valence-electron chi connectivity index (χ0n) is 14.0. The van der Waals surface area contributed by atoms with E-state index in [2.05, 4.69) is 20.3 Å². The summed E-state index contributed by atoms with van der Waals surface area (Å²) < 4.78 is 23.3. The summed E-state index contributed by atoms with van der Waals surface area (Å²) in [5, 5.41) is 13.3. The van der Waals surface area contributed by atoms with Gasteiger partial charge in [0.2, 0.25) is 0 Å². The van der Waals surface area contributed by atoms with E-state index in [-0.39, 0.29) is 18.4 Å². The SMILES string of the molecule is C[C@H](CO)Nc1cc(CS(C)(=O)=O)nc(-c2ccc3[nH]ccc3c2)n1. The molecule has 25 heavy (non-hydrogen) atoms. The highest BCUT2D eigenvalue weighted by Gasteiger charge is 2.13. The summed E-state index contributed by atoms with van der Waals surface area (Å²) in [6.45, 7) is 1.75. The lowest BCUT2D eigenvalue weighted by molar-refractivity contribution is 0.281. The molecule has 0 aliphatic carbocycles. The van der Waals surface area contributed by atoms with Gasteiger partial charge >= 0.3 is 0 Å². The topological polar surface area (TPSA) is 108 Å². The molecule has 0 radical (unpaired) electrons. The number of hydrogen-bond donors (Lipinski definition) is 3. The second kappa shape index (κ2) is 6.81. The lowest BCUT2D eigenvalue weighted by Gasteiger charge is -2.14. The van der Waals surface area contributed by atoms with E-state index in [0.29, 0.717) is 17.3 Å². The second-order valence-electron chi connectivity index (χ2n) is 6.15. The summed E-state index contributed by atoms with van der Waals surface area (Å²) in [4.78, 5) is 12.0. The summed E-state index contributed by atoms with van der Waals surface area (Å²) >= 11 is 0. The van der Waals surface area contributed by atoms with Crippen LogP contribution in [0, 0.1) is 0 Å². The number of aliphatic hydroxyl groups excluding tert-OH is 1. The van der Waals surface area contributed by atoms with E-state index in [1.807, 2.05) is 37.4 Å². The highest BCUT2D eigenvalue weighted by Crippen LogP contribution is 2.23. The van der Waals surface area contributed by atoms with Gasteiger partial charge in [-0.2, -0.15) is 0 Å². The summed E-state index contributed by atoms with van der Waals surface area (Å²) in [5.41, 5.74) is 2.21. The molecule has 8 heteroatoms. The Morgan fingerprint density at radius 1 is 1.24 bits per heavy atom. The number of benzene rings is 1. The minimum absolute atomic E-state index is 0.0595. The molecule has 2 heterocycles. The van der Waals surface area contributed by atoms with Gasteiger partial charge in [-0.1, -0.05) is 0 Å². The number of fused-ring (bicyclic) bond motifs is 1. The van der Waals surface area contributed by atoms with Gasteiger partial charge in [0.1, 0.15) is 5.82 Å². The molecule has 0 aliphatic rings. The number of rotatable bonds is 6. The zero-order valence-corrected chi connectivity index (χ0v) is 14.8. The highest BCUT2D eigenvalue weighted by molar-refractivity contribution is 7.89. The third-order valence-corrected chi connectivity index (χ3v) is 4.49. The van der Waals surface area contributed by atoms with Crippen LogP contribution in [0.5, 0.6) is 0 Å². The smallest absolute Gasteiger partial charge is 0.161 e. The maximum Gasteiger partial charge on any atom is 0.161 e. The van der Waals surface area contributed by atoms with Gasteiger partial charge in [-0.25, -0.2) is 18.4 Å². The first kappa shape index (κ1) is 17.4. The molecule has 0 fully saturated rings. The molecule has 0 amide bonds. The van der Waals surface area contributed by atoms with Gasteiger partial charge in [-0.3, -0.25) is 0 Å². The van der Waals surface area contributed by atoms with E-state index in [1.54, 1.807) is 6.07 Å². The quantitative estimate of drug-likeness (QED) is 0.620. The van der Waals surface area contributed by atoms with E-state index >= 15 is 0 Å². The van der Waals surface area contributed by atoms with Crippen molar-refractivity contribution in [2.75, 3.05) is 18.2 Å². The lowest BCUT2D eigenvalue weighted by atomic mass is 10.1. The van der Waals surface area contributed by atoms with Gasteiger partial charge in [-0.15, -0.1) is 0 Å². The number of aromatic amines is 1. The molecule has 3 N–H and O–H groups in total. The Labute approximate surface area is 146 Å². The Kier molecular flexibility index (Phi) is 4.73. The normalized spacial score (nSPS) is 13.1. The molecule has 3 rings (SSSR count). The fourth-order valence-electron chi connectivity index (χ4n) is 2.53. The van der Waals surface area contributed by atoms with Crippen molar-refractivity contribution in [3.05, 3.63) is 42.2 Å². The second-order valence-corrected chi connectivity index (χ2v) is 8.29. The predicted octanol–water partition coefficient (Wildman–Crippen LogP) is 1.96. The molecular formula is C17H20N4O3S. The number of sulfone groups is 1. The van der Waals surface area contributed by atoms with Gasteiger partial charge in [0, 0.05) is 41.0 Å². The molecule has 1 aromatic carbocycles. The fraction of sp³-hybridized carbons (Fsp3) is 0.294. The first-order valence-electron chi connectivity index (χ1n) is 7.84. The van der Waals surface area contributed by atoms with Gasteiger partial charge in [0.15, 0.2) is 15.7 Å². The minimum Gasteiger partial charge on any atom is -0.394 e. The molecule has 3 aromatic rings. The van der Waals surface area contributed by atoms with Crippen molar-refractivity contribution in [2.45, 2.75) is 18.7 Å². The number of nitrogens with one attached hydrogen (secondary N) is 2. The number of H-pyrrole nitrogens is 1. The van der Waals surface area contributed by atoms with Crippen LogP contribution in [-0.2, 0) is 15.6 Å². The van der Waals surface area contributed by atoms with Gasteiger partial charge in [0.25, 0.3) is 0 Å². The van der Waals surface area contributed by atoms with Crippen LogP contribution in [0.4, 0.5) is 5.82 Å². The Balaban J connectivity index is 2.06. The summed E-state index contributed by atoms with van der Waals surface area (Å²) in [7, 11) is -3.23. The molecule has 132 valence electrons. The van der Waals surface area contributed by atoms with Crippen LogP contribution in [-0.4, -0.2) is 47.4 Å². The van der Waals surface area contributed by atoms with E-state index in [0.717, 1.165) is 16.5 Å². The number of hydrogen-bond acceptors (Lipinski definition) is 6. The van der Waals surface area contributed by atoms with Crippen molar-refractivity contribution in [1.82, 2.24) is 15.0 Å². The third kappa shape index (κ3) is 4.34. The van der Waals surface area contributed by atoms with E-state index in [9.17, 15) is 13.5 Å². The van der Waals surface area contributed by atoms with Crippen molar-refractivity contribution in [3.8, 4) is 11.4 Å². The monoisotopic (exact) mass is 360 g/mol. The molecule has 7 nitrogen and oxygen atoms in total. The minimum atomic E-state index is -3.23. The summed E-state index contributed by atoms with van der Waals surface area (Å²) in [5.74, 6) is 0.758. The van der Waals surface area contributed by atoms with Crippen LogP contribution >= 0.6 is 0 Å². The number of aromatic nitrogens is 3. The maximum absolute atomic E-state index is 11.7. The molecule has 2 aromatic heterocycles. The standard InChI is InChI=1S/C17H20N4O3S/c1-11(9-22)19-16-8-14(10-25(2,23)24)20-17(21-16)13-3-4-15-12(7-13)5-6-18-15/h3-8,11,18,22H,9-10H2,1-2H3,(H,19,20,21)/t11-/m1/s1. The Hall–Kier alpha value is -2.45. The Morgan fingerprint density at radius 3 is 2.76 bits per heavy atom. The average molecular weight is 360 g/mol. The van der Waals surface area contributed by atoms with E-state index < -0.39 is 9.84 Å². The summed E-state index contributed by atoms with van der Waals surface area (Å²) in [6.07, 6.45) is 3.02. The van der Waals surface area contributed by atoms with Crippen molar-refractivity contribution in [1.29, 1.82) is 0 Å². The van der Waals surface area contributed by atoms with Crippen LogP contribution in [0.25, 0.3) is 22.3 Å². The highest BCUT2D eigenvalue weighted by atomic mass is 32.2. The molecular weight excluding hydrogens is 340 g/mol. The molecule has 0 unspecified atom stereocenters. The molecule has 0 saturated carbocycles. The van der Waals surface area contributed by atoms with Crippen molar-refractivity contribution >= 4 is 26.6 Å². The largest absolute Gasteiger partial charge is 0.394 e. The van der Waals surface area contributed by atoms with E-state index in [4.69, 9.17) is 0 Å². The first-order valence-corrected chi connectivity index (χ1v) is 9.91. The first-order chi connectivity index (χ1) is 11.8. The van der Waals surface area contributed by atoms with Gasteiger partial charge in [0.05, 0.1) is 18.1 Å². The number of aliphatic hydroxyl groups is 1. The van der Waals surface area contributed by atoms with Crippen LogP contribution in [0.3, 0.4) is 0 Å². The molecule has 0 spiro atoms. The molecule has 0 bridgehead atoms. The van der Waals surface area contributed by atoms with Crippen LogP contribution in [0.15, 0.2) is 36.5 Å². The number of nitrogens with zero attached hydrogens (tertiary/aromatic N) is 2. The number of anilines is 1. The summed E-state index contributed by atoms with van der Waals surface area (Å²) in [6, 6.07) is 9.11. The van der Waals surface area contributed by atoms with Crippen molar-refractivity contribution in [2.24, 2.45) is 0 Å². The maximum atomic E-state index is 11.7. The van der Waals surface area contributed by atoms with Crippen LogP contribution in [0.1, 0.15) is 12.6 Å². The Bertz CT molecular complexity index is 998. The average Bonchev–Trinajstić information content (AvgIpc) is 3.00. The van der Waals surface area contributed by atoms with E-state index in [1.165, 1.54) is 6.26 Å². The van der Waals surface area contributed by atoms with Crippen molar-refractivity contribution in [3.63, 3.8) is 0 Å². The third-order valence-electron chi connectivity index (χ3n) is 3.67. The van der Waals surface area contributed by atoms with Crippen LogP contribution in [0.2, 0.25) is 0 Å². The molecule has 0 saturated heterocycles. The lowest BCUT2D eigenvalue weighted by Crippen LogP contribution is -2.20. The molecule has 0 aliphatic heterocycles.